The van der Waals surface area contributed by atoms with Crippen LogP contribution in [0.25, 0.3) is 11.0 Å². The number of fused-ring (bicyclic) bond motifs is 1. The minimum absolute atomic E-state index is 0.605. The summed E-state index contributed by atoms with van der Waals surface area (Å²) in [5.74, 6) is 2.28. The van der Waals surface area contributed by atoms with Crippen molar-refractivity contribution >= 4 is 16.9 Å². The van der Waals surface area contributed by atoms with Gasteiger partial charge in [-0.25, -0.2) is 9.97 Å². The summed E-state index contributed by atoms with van der Waals surface area (Å²) >= 11 is 0. The topological polar surface area (TPSA) is 38.3 Å². The van der Waals surface area contributed by atoms with E-state index in [2.05, 4.69) is 30.9 Å². The fourth-order valence-electron chi connectivity index (χ4n) is 3.42. The molecule has 134 valence electrons. The van der Waals surface area contributed by atoms with E-state index >= 15 is 0 Å². The van der Waals surface area contributed by atoms with Crippen molar-refractivity contribution in [3.63, 3.8) is 0 Å². The average molecular weight is 347 g/mol. The Bertz CT molecular complexity index is 914. The number of para-hydroxylation sites is 2. The zero-order valence-corrected chi connectivity index (χ0v) is 15.5. The Morgan fingerprint density at radius 3 is 2.19 bits per heavy atom. The highest BCUT2D eigenvalue weighted by Crippen LogP contribution is 2.32. The molecule has 0 saturated carbocycles. The van der Waals surface area contributed by atoms with Crippen LogP contribution in [0.3, 0.4) is 0 Å². The molecule has 0 amide bonds. The predicted octanol–water partition coefficient (Wildman–Crippen LogP) is 5.42. The normalized spacial score (nSPS) is 15.1. The molecule has 2 aromatic carbocycles. The van der Waals surface area contributed by atoms with E-state index in [1.54, 1.807) is 0 Å². The SMILES string of the molecule is Cc1ccc(Oc2nc3ccccc3nc2N2CCCCCC2)cc1C. The van der Waals surface area contributed by atoms with Crippen LogP contribution in [0, 0.1) is 13.8 Å². The molecule has 0 unspecified atom stereocenters. The van der Waals surface area contributed by atoms with Crippen molar-refractivity contribution in [3.8, 4) is 11.6 Å². The van der Waals surface area contributed by atoms with Gasteiger partial charge in [-0.3, -0.25) is 0 Å². The van der Waals surface area contributed by atoms with E-state index in [1.807, 2.05) is 30.3 Å². The molecular formula is C22H25N3O. The molecule has 0 bridgehead atoms. The quantitative estimate of drug-likeness (QED) is 0.634. The zero-order chi connectivity index (χ0) is 17.9. The molecule has 1 aliphatic rings. The molecule has 1 saturated heterocycles. The number of rotatable bonds is 3. The largest absolute Gasteiger partial charge is 0.436 e. The Morgan fingerprint density at radius 2 is 1.50 bits per heavy atom. The van der Waals surface area contributed by atoms with Gasteiger partial charge in [0.15, 0.2) is 5.82 Å². The number of nitrogens with zero attached hydrogens (tertiary/aromatic N) is 3. The number of ether oxygens (including phenoxy) is 1. The molecule has 2 heterocycles. The lowest BCUT2D eigenvalue weighted by Crippen LogP contribution is -2.25. The molecule has 4 rings (SSSR count). The van der Waals surface area contributed by atoms with Gasteiger partial charge in [-0.05, 0) is 62.1 Å². The number of hydrogen-bond donors (Lipinski definition) is 0. The maximum Gasteiger partial charge on any atom is 0.263 e. The fraction of sp³-hybridized carbons (Fsp3) is 0.364. The monoisotopic (exact) mass is 347 g/mol. The first-order valence-corrected chi connectivity index (χ1v) is 9.47. The summed E-state index contributed by atoms with van der Waals surface area (Å²) < 4.78 is 6.23. The summed E-state index contributed by atoms with van der Waals surface area (Å²) in [5.41, 5.74) is 4.26. The smallest absolute Gasteiger partial charge is 0.263 e. The molecule has 4 nitrogen and oxygen atoms in total. The van der Waals surface area contributed by atoms with Gasteiger partial charge < -0.3 is 9.64 Å². The van der Waals surface area contributed by atoms with Gasteiger partial charge in [-0.1, -0.05) is 31.0 Å². The summed E-state index contributed by atoms with van der Waals surface area (Å²) in [7, 11) is 0. The second-order valence-corrected chi connectivity index (χ2v) is 7.09. The summed E-state index contributed by atoms with van der Waals surface area (Å²) in [6, 6.07) is 14.2. The molecule has 0 aliphatic carbocycles. The molecule has 0 atom stereocenters. The van der Waals surface area contributed by atoms with E-state index in [4.69, 9.17) is 14.7 Å². The molecule has 0 N–H and O–H groups in total. The third kappa shape index (κ3) is 3.50. The van der Waals surface area contributed by atoms with Gasteiger partial charge in [0, 0.05) is 13.1 Å². The van der Waals surface area contributed by atoms with Crippen molar-refractivity contribution in [2.45, 2.75) is 39.5 Å². The van der Waals surface area contributed by atoms with Crippen LogP contribution in [0.1, 0.15) is 36.8 Å². The Labute approximate surface area is 154 Å². The Balaban J connectivity index is 1.77. The van der Waals surface area contributed by atoms with E-state index in [9.17, 15) is 0 Å². The summed E-state index contributed by atoms with van der Waals surface area (Å²) in [5, 5.41) is 0. The number of anilines is 1. The molecule has 26 heavy (non-hydrogen) atoms. The van der Waals surface area contributed by atoms with Crippen LogP contribution in [0.2, 0.25) is 0 Å². The molecule has 0 spiro atoms. The van der Waals surface area contributed by atoms with E-state index < -0.39 is 0 Å². The highest BCUT2D eigenvalue weighted by atomic mass is 16.5. The second kappa shape index (κ2) is 7.32. The van der Waals surface area contributed by atoms with Crippen LogP contribution < -0.4 is 9.64 Å². The number of aromatic nitrogens is 2. The Kier molecular flexibility index (Phi) is 4.74. The van der Waals surface area contributed by atoms with Gasteiger partial charge in [-0.2, -0.15) is 0 Å². The third-order valence-corrected chi connectivity index (χ3v) is 5.12. The number of hydrogen-bond acceptors (Lipinski definition) is 4. The van der Waals surface area contributed by atoms with Gasteiger partial charge in [0.25, 0.3) is 5.88 Å². The first kappa shape index (κ1) is 16.8. The van der Waals surface area contributed by atoms with Gasteiger partial charge in [-0.15, -0.1) is 0 Å². The van der Waals surface area contributed by atoms with Crippen LogP contribution in [0.15, 0.2) is 42.5 Å². The predicted molar refractivity (Wildman–Crippen MR) is 106 cm³/mol. The summed E-state index contributed by atoms with van der Waals surface area (Å²) in [4.78, 5) is 12.1. The highest BCUT2D eigenvalue weighted by Gasteiger charge is 2.19. The van der Waals surface area contributed by atoms with Crippen LogP contribution in [-0.2, 0) is 0 Å². The molecule has 1 aliphatic heterocycles. The van der Waals surface area contributed by atoms with E-state index in [0.29, 0.717) is 5.88 Å². The minimum atomic E-state index is 0.605. The number of aryl methyl sites for hydroxylation is 2. The Hall–Kier alpha value is -2.62. The molecule has 1 fully saturated rings. The molecule has 4 heteroatoms. The lowest BCUT2D eigenvalue weighted by Gasteiger charge is -2.23. The molecule has 0 radical (unpaired) electrons. The second-order valence-electron chi connectivity index (χ2n) is 7.09. The number of benzene rings is 2. The summed E-state index contributed by atoms with van der Waals surface area (Å²) in [6.45, 7) is 6.23. The zero-order valence-electron chi connectivity index (χ0n) is 15.5. The first-order chi connectivity index (χ1) is 12.7. The van der Waals surface area contributed by atoms with Crippen LogP contribution in [0.5, 0.6) is 11.6 Å². The maximum atomic E-state index is 6.23. The van der Waals surface area contributed by atoms with Crippen molar-refractivity contribution in [2.75, 3.05) is 18.0 Å². The first-order valence-electron chi connectivity index (χ1n) is 9.47. The molecule has 1 aromatic heterocycles. The maximum absolute atomic E-state index is 6.23. The van der Waals surface area contributed by atoms with Crippen molar-refractivity contribution in [1.29, 1.82) is 0 Å². The van der Waals surface area contributed by atoms with Crippen molar-refractivity contribution in [1.82, 2.24) is 9.97 Å². The van der Waals surface area contributed by atoms with E-state index in [1.165, 1.54) is 36.8 Å². The van der Waals surface area contributed by atoms with Gasteiger partial charge in [0.2, 0.25) is 0 Å². The van der Waals surface area contributed by atoms with Gasteiger partial charge in [0.1, 0.15) is 5.75 Å². The summed E-state index contributed by atoms with van der Waals surface area (Å²) in [6.07, 6.45) is 4.95. The van der Waals surface area contributed by atoms with Crippen LogP contribution in [-0.4, -0.2) is 23.1 Å². The van der Waals surface area contributed by atoms with Crippen molar-refractivity contribution in [2.24, 2.45) is 0 Å². The fourth-order valence-corrected chi connectivity index (χ4v) is 3.42. The standard InChI is InChI=1S/C22H25N3O/c1-16-11-12-18(15-17(16)2)26-22-21(25-13-7-3-4-8-14-25)23-19-9-5-6-10-20(19)24-22/h5-6,9-12,15H,3-4,7-8,13-14H2,1-2H3. The minimum Gasteiger partial charge on any atom is -0.436 e. The average Bonchev–Trinajstić information content (AvgIpc) is 2.93. The molecular weight excluding hydrogens is 322 g/mol. The lowest BCUT2D eigenvalue weighted by atomic mass is 10.1. The van der Waals surface area contributed by atoms with Crippen LogP contribution >= 0.6 is 0 Å². The Morgan fingerprint density at radius 1 is 0.808 bits per heavy atom. The third-order valence-electron chi connectivity index (χ3n) is 5.12. The highest BCUT2D eigenvalue weighted by molar-refractivity contribution is 5.77. The van der Waals surface area contributed by atoms with Gasteiger partial charge >= 0.3 is 0 Å². The van der Waals surface area contributed by atoms with Gasteiger partial charge in [0.05, 0.1) is 11.0 Å². The van der Waals surface area contributed by atoms with E-state index in [0.717, 1.165) is 35.7 Å². The van der Waals surface area contributed by atoms with Crippen LogP contribution in [0.4, 0.5) is 5.82 Å². The molecule has 3 aromatic rings. The van der Waals surface area contributed by atoms with E-state index in [-0.39, 0.29) is 0 Å². The lowest BCUT2D eigenvalue weighted by molar-refractivity contribution is 0.460. The van der Waals surface area contributed by atoms with Crippen molar-refractivity contribution in [3.05, 3.63) is 53.6 Å². The van der Waals surface area contributed by atoms with Crippen molar-refractivity contribution < 1.29 is 4.74 Å².